The highest BCUT2D eigenvalue weighted by atomic mass is 16.3. The number of allylic oxidation sites excluding steroid dienone is 2. The molecule has 0 saturated carbocycles. The fourth-order valence-electron chi connectivity index (χ4n) is 2.02. The molecule has 1 atom stereocenters. The molecule has 1 aliphatic rings. The summed E-state index contributed by atoms with van der Waals surface area (Å²) >= 11 is 0. The molecule has 0 fully saturated rings. The highest BCUT2D eigenvalue weighted by Gasteiger charge is 2.39. The first-order chi connectivity index (χ1) is 6.27. The Hall–Kier alpha value is -1.12. The zero-order valence-electron chi connectivity index (χ0n) is 9.14. The molecule has 0 unspecified atom stereocenters. The predicted octanol–water partition coefficient (Wildman–Crippen LogP) is 2.47. The Morgan fingerprint density at radius 3 is 2.50 bits per heavy atom. The SMILES string of the molecule is CC(=N)C1=C(O)C(C)(C)C[C@H](C)C1=O. The molecule has 1 aliphatic carbocycles. The maximum Gasteiger partial charge on any atom is 0.170 e. The van der Waals surface area contributed by atoms with Crippen LogP contribution in [0.15, 0.2) is 11.3 Å². The van der Waals surface area contributed by atoms with Gasteiger partial charge in [-0.25, -0.2) is 0 Å². The van der Waals surface area contributed by atoms with E-state index in [0.29, 0.717) is 6.42 Å². The zero-order chi connectivity index (χ0) is 11.1. The van der Waals surface area contributed by atoms with Gasteiger partial charge in [-0.05, 0) is 13.3 Å². The topological polar surface area (TPSA) is 61.1 Å². The second-order valence-corrected chi connectivity index (χ2v) is 4.70. The second kappa shape index (κ2) is 3.23. The number of rotatable bonds is 1. The fraction of sp³-hybridized carbons (Fsp3) is 0.636. The summed E-state index contributed by atoms with van der Waals surface area (Å²) in [6, 6.07) is 0. The number of Topliss-reactive ketones (excluding diaryl/α,β-unsaturated/α-hetero) is 1. The summed E-state index contributed by atoms with van der Waals surface area (Å²) in [6.45, 7) is 7.18. The van der Waals surface area contributed by atoms with Gasteiger partial charge in [-0.2, -0.15) is 0 Å². The van der Waals surface area contributed by atoms with E-state index in [2.05, 4.69) is 0 Å². The summed E-state index contributed by atoms with van der Waals surface area (Å²) in [7, 11) is 0. The molecule has 78 valence electrons. The lowest BCUT2D eigenvalue weighted by molar-refractivity contribution is -0.120. The fourth-order valence-corrected chi connectivity index (χ4v) is 2.02. The zero-order valence-corrected chi connectivity index (χ0v) is 9.14. The Morgan fingerprint density at radius 2 is 2.07 bits per heavy atom. The third kappa shape index (κ3) is 1.59. The second-order valence-electron chi connectivity index (χ2n) is 4.70. The van der Waals surface area contributed by atoms with Crippen molar-refractivity contribution in [2.75, 3.05) is 0 Å². The minimum atomic E-state index is -0.384. The Bertz CT molecular complexity index is 326. The summed E-state index contributed by atoms with van der Waals surface area (Å²) < 4.78 is 0. The van der Waals surface area contributed by atoms with Crippen molar-refractivity contribution in [3.63, 3.8) is 0 Å². The van der Waals surface area contributed by atoms with Gasteiger partial charge in [0.2, 0.25) is 0 Å². The molecule has 0 aromatic carbocycles. The van der Waals surface area contributed by atoms with Crippen LogP contribution in [0.5, 0.6) is 0 Å². The van der Waals surface area contributed by atoms with E-state index in [1.54, 1.807) is 0 Å². The molecule has 0 spiro atoms. The Labute approximate surface area is 84.3 Å². The van der Waals surface area contributed by atoms with Crippen molar-refractivity contribution in [2.45, 2.75) is 34.1 Å². The maximum absolute atomic E-state index is 11.7. The number of hydrogen-bond donors (Lipinski definition) is 2. The van der Waals surface area contributed by atoms with Crippen LogP contribution in [0.1, 0.15) is 34.1 Å². The van der Waals surface area contributed by atoms with Gasteiger partial charge >= 0.3 is 0 Å². The van der Waals surface area contributed by atoms with Crippen molar-refractivity contribution in [1.82, 2.24) is 0 Å². The molecule has 3 heteroatoms. The number of ketones is 1. The lowest BCUT2D eigenvalue weighted by Crippen LogP contribution is -2.34. The summed E-state index contributed by atoms with van der Waals surface area (Å²) in [5.41, 5.74) is -0.00815. The molecule has 0 aromatic heterocycles. The number of carbonyl (C=O) groups is 1. The van der Waals surface area contributed by atoms with Crippen molar-refractivity contribution in [3.8, 4) is 0 Å². The van der Waals surface area contributed by atoms with E-state index in [-0.39, 0.29) is 34.2 Å². The molecule has 0 radical (unpaired) electrons. The summed E-state index contributed by atoms with van der Waals surface area (Å²) in [4.78, 5) is 11.7. The monoisotopic (exact) mass is 195 g/mol. The van der Waals surface area contributed by atoms with E-state index < -0.39 is 0 Å². The summed E-state index contributed by atoms with van der Waals surface area (Å²) in [5.74, 6) is -0.126. The highest BCUT2D eigenvalue weighted by Crippen LogP contribution is 2.39. The molecular formula is C11H17NO2. The van der Waals surface area contributed by atoms with Gasteiger partial charge in [0, 0.05) is 17.0 Å². The van der Waals surface area contributed by atoms with Crippen molar-refractivity contribution < 1.29 is 9.90 Å². The highest BCUT2D eigenvalue weighted by molar-refractivity contribution is 6.22. The Morgan fingerprint density at radius 1 is 1.57 bits per heavy atom. The van der Waals surface area contributed by atoms with E-state index in [1.807, 2.05) is 20.8 Å². The van der Waals surface area contributed by atoms with Gasteiger partial charge in [-0.1, -0.05) is 20.8 Å². The quantitative estimate of drug-likeness (QED) is 0.631. The lowest BCUT2D eigenvalue weighted by atomic mass is 9.71. The van der Waals surface area contributed by atoms with Crippen molar-refractivity contribution in [2.24, 2.45) is 11.3 Å². The minimum absolute atomic E-state index is 0.0769. The van der Waals surface area contributed by atoms with Crippen LogP contribution in [-0.2, 0) is 4.79 Å². The van der Waals surface area contributed by atoms with Crippen LogP contribution in [0.4, 0.5) is 0 Å². The van der Waals surface area contributed by atoms with E-state index in [4.69, 9.17) is 5.41 Å². The summed E-state index contributed by atoms with van der Waals surface area (Å²) in [5, 5.41) is 17.4. The van der Waals surface area contributed by atoms with E-state index in [9.17, 15) is 9.90 Å². The first-order valence-corrected chi connectivity index (χ1v) is 4.81. The van der Waals surface area contributed by atoms with Gasteiger partial charge in [-0.3, -0.25) is 4.79 Å². The van der Waals surface area contributed by atoms with Crippen LogP contribution in [0, 0.1) is 16.7 Å². The largest absolute Gasteiger partial charge is 0.511 e. The average Bonchev–Trinajstić information content (AvgIpc) is 2.00. The number of carbonyl (C=O) groups excluding carboxylic acids is 1. The Balaban J connectivity index is 3.30. The molecule has 0 aromatic rings. The molecule has 0 bridgehead atoms. The standard InChI is InChI=1S/C11H17NO2/c1-6-5-11(3,4)10(14)8(7(2)12)9(6)13/h6,12,14H,5H2,1-4H3/t6-/m0/s1. The maximum atomic E-state index is 11.7. The van der Waals surface area contributed by atoms with Gasteiger partial charge < -0.3 is 10.5 Å². The van der Waals surface area contributed by atoms with Crippen LogP contribution in [0.25, 0.3) is 0 Å². The predicted molar refractivity (Wildman–Crippen MR) is 55.6 cm³/mol. The number of aliphatic hydroxyl groups is 1. The lowest BCUT2D eigenvalue weighted by Gasteiger charge is -2.33. The molecule has 3 nitrogen and oxygen atoms in total. The van der Waals surface area contributed by atoms with Crippen LogP contribution in [0.2, 0.25) is 0 Å². The van der Waals surface area contributed by atoms with Crippen LogP contribution < -0.4 is 0 Å². The van der Waals surface area contributed by atoms with Gasteiger partial charge in [0.1, 0.15) is 5.76 Å². The summed E-state index contributed by atoms with van der Waals surface area (Å²) in [6.07, 6.45) is 0.647. The van der Waals surface area contributed by atoms with Gasteiger partial charge in [0.15, 0.2) is 5.78 Å². The normalized spacial score (nSPS) is 26.6. The number of aliphatic hydroxyl groups excluding tert-OH is 1. The molecule has 0 aliphatic heterocycles. The van der Waals surface area contributed by atoms with Crippen LogP contribution in [-0.4, -0.2) is 16.6 Å². The first-order valence-electron chi connectivity index (χ1n) is 4.81. The first kappa shape index (κ1) is 11.0. The minimum Gasteiger partial charge on any atom is -0.511 e. The average molecular weight is 195 g/mol. The third-order valence-corrected chi connectivity index (χ3v) is 2.76. The molecule has 0 saturated heterocycles. The van der Waals surface area contributed by atoms with Crippen molar-refractivity contribution in [3.05, 3.63) is 11.3 Å². The van der Waals surface area contributed by atoms with Crippen molar-refractivity contribution in [1.29, 1.82) is 5.41 Å². The van der Waals surface area contributed by atoms with E-state index in [1.165, 1.54) is 6.92 Å². The molecular weight excluding hydrogens is 178 g/mol. The van der Waals surface area contributed by atoms with Crippen molar-refractivity contribution >= 4 is 11.5 Å². The van der Waals surface area contributed by atoms with E-state index >= 15 is 0 Å². The van der Waals surface area contributed by atoms with E-state index in [0.717, 1.165) is 0 Å². The van der Waals surface area contributed by atoms with Crippen LogP contribution >= 0.6 is 0 Å². The molecule has 14 heavy (non-hydrogen) atoms. The molecule has 0 heterocycles. The third-order valence-electron chi connectivity index (χ3n) is 2.76. The molecule has 0 amide bonds. The van der Waals surface area contributed by atoms with Gasteiger partial charge in [-0.15, -0.1) is 0 Å². The molecule has 1 rings (SSSR count). The number of nitrogens with one attached hydrogen (secondary N) is 1. The Kier molecular flexibility index (Phi) is 2.52. The van der Waals surface area contributed by atoms with Crippen LogP contribution in [0.3, 0.4) is 0 Å². The van der Waals surface area contributed by atoms with Gasteiger partial charge in [0.25, 0.3) is 0 Å². The number of hydrogen-bond acceptors (Lipinski definition) is 3. The smallest absolute Gasteiger partial charge is 0.170 e. The van der Waals surface area contributed by atoms with Gasteiger partial charge in [0.05, 0.1) is 5.57 Å². The molecule has 2 N–H and O–H groups in total.